The van der Waals surface area contributed by atoms with Crippen LogP contribution < -0.4 is 5.32 Å². The van der Waals surface area contributed by atoms with Crippen LogP contribution >= 0.6 is 11.8 Å². The first-order chi connectivity index (χ1) is 7.81. The van der Waals surface area contributed by atoms with Gasteiger partial charge in [0.05, 0.1) is 6.61 Å². The van der Waals surface area contributed by atoms with Crippen LogP contribution in [0.2, 0.25) is 0 Å². The fourth-order valence-corrected chi connectivity index (χ4v) is 3.94. The third-order valence-electron chi connectivity index (χ3n) is 4.15. The molecule has 3 heteroatoms. The molecule has 1 saturated heterocycles. The van der Waals surface area contributed by atoms with E-state index in [1.165, 1.54) is 32.1 Å². The number of ether oxygens (including phenoxy) is 1. The molecule has 1 aliphatic carbocycles. The van der Waals surface area contributed by atoms with Gasteiger partial charge in [-0.15, -0.1) is 0 Å². The summed E-state index contributed by atoms with van der Waals surface area (Å²) in [6.07, 6.45) is 9.09. The van der Waals surface area contributed by atoms with Crippen molar-refractivity contribution < 1.29 is 4.74 Å². The molecule has 1 heterocycles. The first-order valence-electron chi connectivity index (χ1n) is 6.68. The third kappa shape index (κ3) is 3.14. The Labute approximate surface area is 104 Å². The Balaban J connectivity index is 1.81. The summed E-state index contributed by atoms with van der Waals surface area (Å²) in [6.45, 7) is 4.27. The topological polar surface area (TPSA) is 21.3 Å². The monoisotopic (exact) mass is 243 g/mol. The molecule has 0 aromatic rings. The summed E-state index contributed by atoms with van der Waals surface area (Å²) in [5.74, 6) is 0.740. The maximum atomic E-state index is 5.48. The van der Waals surface area contributed by atoms with Crippen molar-refractivity contribution in [2.45, 2.75) is 56.4 Å². The largest absolute Gasteiger partial charge is 0.381 e. The van der Waals surface area contributed by atoms with Crippen LogP contribution in [0.5, 0.6) is 0 Å². The summed E-state index contributed by atoms with van der Waals surface area (Å²) in [4.78, 5) is 0. The minimum Gasteiger partial charge on any atom is -0.381 e. The Kier molecular flexibility index (Phi) is 4.98. The van der Waals surface area contributed by atoms with Crippen molar-refractivity contribution in [2.24, 2.45) is 5.92 Å². The Morgan fingerprint density at radius 1 is 1.25 bits per heavy atom. The van der Waals surface area contributed by atoms with Crippen LogP contribution in [0.1, 0.15) is 39.0 Å². The molecule has 0 bridgehead atoms. The van der Waals surface area contributed by atoms with Gasteiger partial charge in [0.15, 0.2) is 0 Å². The van der Waals surface area contributed by atoms with Gasteiger partial charge in [-0.1, -0.05) is 12.8 Å². The molecule has 4 atom stereocenters. The second kappa shape index (κ2) is 6.27. The fraction of sp³-hybridized carbons (Fsp3) is 1.00. The lowest BCUT2D eigenvalue weighted by Crippen LogP contribution is -2.47. The highest BCUT2D eigenvalue weighted by Gasteiger charge is 2.29. The van der Waals surface area contributed by atoms with Gasteiger partial charge in [-0.05, 0) is 38.4 Å². The van der Waals surface area contributed by atoms with E-state index in [0.717, 1.165) is 30.4 Å². The van der Waals surface area contributed by atoms with Crippen LogP contribution in [-0.4, -0.2) is 36.8 Å². The first kappa shape index (κ1) is 12.7. The molecule has 16 heavy (non-hydrogen) atoms. The van der Waals surface area contributed by atoms with E-state index >= 15 is 0 Å². The normalized spacial score (nSPS) is 37.5. The maximum Gasteiger partial charge on any atom is 0.0509 e. The quantitative estimate of drug-likeness (QED) is 0.820. The maximum absolute atomic E-state index is 5.48. The van der Waals surface area contributed by atoms with E-state index in [9.17, 15) is 0 Å². The Hall–Kier alpha value is 0.270. The van der Waals surface area contributed by atoms with Crippen molar-refractivity contribution in [3.05, 3.63) is 0 Å². The number of nitrogens with one attached hydrogen (secondary N) is 1. The van der Waals surface area contributed by atoms with Gasteiger partial charge in [-0.25, -0.2) is 0 Å². The van der Waals surface area contributed by atoms with Gasteiger partial charge in [0.1, 0.15) is 0 Å². The van der Waals surface area contributed by atoms with E-state index in [2.05, 4.69) is 18.5 Å². The Morgan fingerprint density at radius 2 is 2.06 bits per heavy atom. The van der Waals surface area contributed by atoms with Gasteiger partial charge in [0, 0.05) is 23.9 Å². The zero-order valence-electron chi connectivity index (χ0n) is 10.6. The molecule has 1 N–H and O–H groups in total. The molecule has 0 aromatic heterocycles. The summed E-state index contributed by atoms with van der Waals surface area (Å²) < 4.78 is 5.48. The summed E-state index contributed by atoms with van der Waals surface area (Å²) >= 11 is 2.04. The number of rotatable bonds is 4. The lowest BCUT2D eigenvalue weighted by molar-refractivity contribution is 0.175. The van der Waals surface area contributed by atoms with E-state index < -0.39 is 0 Å². The van der Waals surface area contributed by atoms with Crippen molar-refractivity contribution in [3.63, 3.8) is 0 Å². The highest BCUT2D eigenvalue weighted by molar-refractivity contribution is 7.99. The SMILES string of the molecule is CSC1CCCCC1NC(C)C1CCOC1. The molecule has 2 fully saturated rings. The minimum atomic E-state index is 0.625. The van der Waals surface area contributed by atoms with E-state index in [4.69, 9.17) is 4.74 Å². The molecule has 0 aromatic carbocycles. The number of hydrogen-bond acceptors (Lipinski definition) is 3. The van der Waals surface area contributed by atoms with Crippen LogP contribution in [0.25, 0.3) is 0 Å². The van der Waals surface area contributed by atoms with Gasteiger partial charge < -0.3 is 10.1 Å². The lowest BCUT2D eigenvalue weighted by atomic mass is 9.92. The smallest absolute Gasteiger partial charge is 0.0509 e. The predicted octanol–water partition coefficient (Wildman–Crippen LogP) is 2.68. The molecule has 2 nitrogen and oxygen atoms in total. The number of hydrogen-bond donors (Lipinski definition) is 1. The zero-order chi connectivity index (χ0) is 11.4. The van der Waals surface area contributed by atoms with E-state index in [0.29, 0.717) is 6.04 Å². The van der Waals surface area contributed by atoms with Crippen LogP contribution in [-0.2, 0) is 4.74 Å². The van der Waals surface area contributed by atoms with E-state index in [-0.39, 0.29) is 0 Å². The predicted molar refractivity (Wildman–Crippen MR) is 71.1 cm³/mol. The molecular weight excluding hydrogens is 218 g/mol. The van der Waals surface area contributed by atoms with Crippen molar-refractivity contribution in [1.29, 1.82) is 0 Å². The standard InChI is InChI=1S/C13H25NOS/c1-10(11-7-8-15-9-11)14-12-5-3-4-6-13(12)16-2/h10-14H,3-9H2,1-2H3. The average Bonchev–Trinajstić information content (AvgIpc) is 2.83. The molecule has 2 aliphatic rings. The van der Waals surface area contributed by atoms with E-state index in [1.807, 2.05) is 11.8 Å². The van der Waals surface area contributed by atoms with Crippen LogP contribution in [0.3, 0.4) is 0 Å². The molecular formula is C13H25NOS. The lowest BCUT2D eigenvalue weighted by Gasteiger charge is -2.34. The summed E-state index contributed by atoms with van der Waals surface area (Å²) in [7, 11) is 0. The minimum absolute atomic E-state index is 0.625. The molecule has 0 spiro atoms. The molecule has 94 valence electrons. The highest BCUT2D eigenvalue weighted by Crippen LogP contribution is 2.28. The van der Waals surface area contributed by atoms with Crippen LogP contribution in [0.15, 0.2) is 0 Å². The van der Waals surface area contributed by atoms with Gasteiger partial charge in [0.25, 0.3) is 0 Å². The average molecular weight is 243 g/mol. The Morgan fingerprint density at radius 3 is 2.75 bits per heavy atom. The third-order valence-corrected chi connectivity index (χ3v) is 5.32. The van der Waals surface area contributed by atoms with Gasteiger partial charge in [-0.3, -0.25) is 0 Å². The summed E-state index contributed by atoms with van der Waals surface area (Å²) in [6, 6.07) is 1.36. The van der Waals surface area contributed by atoms with Gasteiger partial charge in [0.2, 0.25) is 0 Å². The molecule has 1 aliphatic heterocycles. The summed E-state index contributed by atoms with van der Waals surface area (Å²) in [5.41, 5.74) is 0. The van der Waals surface area contributed by atoms with Crippen LogP contribution in [0, 0.1) is 5.92 Å². The molecule has 2 rings (SSSR count). The van der Waals surface area contributed by atoms with Gasteiger partial charge >= 0.3 is 0 Å². The van der Waals surface area contributed by atoms with Crippen molar-refractivity contribution >= 4 is 11.8 Å². The fourth-order valence-electron chi connectivity index (χ4n) is 2.99. The van der Waals surface area contributed by atoms with E-state index in [1.54, 1.807) is 0 Å². The molecule has 4 unspecified atom stereocenters. The Bertz CT molecular complexity index is 206. The molecule has 0 amide bonds. The van der Waals surface area contributed by atoms with Crippen molar-refractivity contribution in [3.8, 4) is 0 Å². The van der Waals surface area contributed by atoms with Crippen LogP contribution in [0.4, 0.5) is 0 Å². The van der Waals surface area contributed by atoms with Gasteiger partial charge in [-0.2, -0.15) is 11.8 Å². The first-order valence-corrected chi connectivity index (χ1v) is 7.96. The highest BCUT2D eigenvalue weighted by atomic mass is 32.2. The summed E-state index contributed by atoms with van der Waals surface area (Å²) in [5, 5.41) is 4.69. The van der Waals surface area contributed by atoms with Crippen molar-refractivity contribution in [1.82, 2.24) is 5.32 Å². The second-order valence-electron chi connectivity index (χ2n) is 5.24. The zero-order valence-corrected chi connectivity index (χ0v) is 11.4. The number of thioether (sulfide) groups is 1. The molecule has 0 radical (unpaired) electrons. The second-order valence-corrected chi connectivity index (χ2v) is 6.32. The molecule has 1 saturated carbocycles. The van der Waals surface area contributed by atoms with Crippen molar-refractivity contribution in [2.75, 3.05) is 19.5 Å².